The van der Waals surface area contributed by atoms with Crippen molar-refractivity contribution in [3.8, 4) is 0 Å². The summed E-state index contributed by atoms with van der Waals surface area (Å²) in [5, 5.41) is 0. The lowest BCUT2D eigenvalue weighted by Crippen LogP contribution is -3.09. The lowest BCUT2D eigenvalue weighted by Gasteiger charge is -2.21. The van der Waals surface area contributed by atoms with E-state index in [1.807, 2.05) is 19.9 Å². The fourth-order valence-corrected chi connectivity index (χ4v) is 3.17. The summed E-state index contributed by atoms with van der Waals surface area (Å²) in [5.74, 6) is 0. The summed E-state index contributed by atoms with van der Waals surface area (Å²) in [6, 6.07) is 17.8. The largest absolute Gasteiger partial charge is 0.378 e. The van der Waals surface area contributed by atoms with Crippen LogP contribution in [0.1, 0.15) is 31.9 Å². The molecule has 1 N–H and O–H groups in total. The zero-order chi connectivity index (χ0) is 21.8. The molecule has 0 unspecified atom stereocenters. The maximum absolute atomic E-state index is 3.97. The Hall–Kier alpha value is -2.52. The Balaban J connectivity index is 0.00000204. The number of rotatable bonds is 9. The van der Waals surface area contributed by atoms with Crippen molar-refractivity contribution in [2.45, 2.75) is 33.9 Å². The summed E-state index contributed by atoms with van der Waals surface area (Å²) < 4.78 is 0. The van der Waals surface area contributed by atoms with Crippen molar-refractivity contribution in [2.24, 2.45) is 0 Å². The molecule has 2 rings (SSSR count). The predicted molar refractivity (Wildman–Crippen MR) is 130 cm³/mol. The SMILES string of the molecule is C=C/C(=C\C)C[NH+](Cc1ccc(N(C)C)cc1)Cc1ccc(N(C)C)cc1.CC. The number of quaternary nitrogens is 1. The monoisotopic (exact) mass is 394 g/mol. The molecule has 0 aromatic heterocycles. The Morgan fingerprint density at radius 2 is 1.17 bits per heavy atom. The van der Waals surface area contributed by atoms with Crippen LogP contribution in [0.15, 0.2) is 72.8 Å². The Morgan fingerprint density at radius 1 is 0.793 bits per heavy atom. The number of hydrogen-bond acceptors (Lipinski definition) is 2. The molecule has 2 aromatic carbocycles. The first-order valence-corrected chi connectivity index (χ1v) is 10.6. The fourth-order valence-electron chi connectivity index (χ4n) is 3.17. The van der Waals surface area contributed by atoms with Crippen molar-refractivity contribution in [1.29, 1.82) is 0 Å². The topological polar surface area (TPSA) is 10.9 Å². The van der Waals surface area contributed by atoms with Gasteiger partial charge < -0.3 is 14.7 Å². The summed E-state index contributed by atoms with van der Waals surface area (Å²) in [5.41, 5.74) is 6.49. The number of nitrogens with one attached hydrogen (secondary N) is 1. The van der Waals surface area contributed by atoms with E-state index in [4.69, 9.17) is 0 Å². The van der Waals surface area contributed by atoms with Gasteiger partial charge in [0.25, 0.3) is 0 Å². The third-order valence-electron chi connectivity index (χ3n) is 4.90. The van der Waals surface area contributed by atoms with Gasteiger partial charge in [-0.15, -0.1) is 0 Å². The summed E-state index contributed by atoms with van der Waals surface area (Å²) in [6.07, 6.45) is 4.14. The van der Waals surface area contributed by atoms with E-state index in [0.29, 0.717) is 0 Å². The first kappa shape index (κ1) is 24.5. The molecule has 0 heterocycles. The van der Waals surface area contributed by atoms with Crippen LogP contribution in [-0.4, -0.2) is 34.7 Å². The van der Waals surface area contributed by atoms with Gasteiger partial charge in [0.05, 0.1) is 0 Å². The third-order valence-corrected chi connectivity index (χ3v) is 4.90. The van der Waals surface area contributed by atoms with E-state index >= 15 is 0 Å². The van der Waals surface area contributed by atoms with E-state index in [9.17, 15) is 0 Å². The highest BCUT2D eigenvalue weighted by Crippen LogP contribution is 2.13. The maximum Gasteiger partial charge on any atom is 0.103 e. The van der Waals surface area contributed by atoms with Gasteiger partial charge in [-0.25, -0.2) is 0 Å². The molecule has 3 heteroatoms. The lowest BCUT2D eigenvalue weighted by molar-refractivity contribution is -0.922. The second kappa shape index (κ2) is 12.8. The van der Waals surface area contributed by atoms with Gasteiger partial charge in [-0.2, -0.15) is 0 Å². The van der Waals surface area contributed by atoms with Crippen LogP contribution in [0.4, 0.5) is 11.4 Å². The minimum atomic E-state index is 0.977. The van der Waals surface area contributed by atoms with Crippen LogP contribution in [0.3, 0.4) is 0 Å². The molecular formula is C26H40N3+. The minimum Gasteiger partial charge on any atom is -0.378 e. The molecule has 0 fully saturated rings. The van der Waals surface area contributed by atoms with Gasteiger partial charge in [0, 0.05) is 56.3 Å². The first-order chi connectivity index (χ1) is 13.9. The average molecular weight is 395 g/mol. The molecule has 0 saturated heterocycles. The van der Waals surface area contributed by atoms with Crippen LogP contribution >= 0.6 is 0 Å². The molecule has 2 aromatic rings. The van der Waals surface area contributed by atoms with Crippen molar-refractivity contribution < 1.29 is 4.90 Å². The molecule has 3 nitrogen and oxygen atoms in total. The first-order valence-electron chi connectivity index (χ1n) is 10.6. The second-order valence-electron chi connectivity index (χ2n) is 7.47. The van der Waals surface area contributed by atoms with Gasteiger partial charge in [0.2, 0.25) is 0 Å². The van der Waals surface area contributed by atoms with Gasteiger partial charge in [-0.3, -0.25) is 0 Å². The van der Waals surface area contributed by atoms with Crippen LogP contribution in [0.25, 0.3) is 0 Å². The van der Waals surface area contributed by atoms with Crippen LogP contribution in [0.2, 0.25) is 0 Å². The maximum atomic E-state index is 3.97. The van der Waals surface area contributed by atoms with Crippen LogP contribution < -0.4 is 14.7 Å². The number of benzene rings is 2. The van der Waals surface area contributed by atoms with Gasteiger partial charge in [0.15, 0.2) is 0 Å². The standard InChI is InChI=1S/C24H33N3.C2H6/c1-7-20(8-2)17-27(18-21-9-13-23(14-10-21)25(3)4)19-22-11-15-24(16-12-22)26(5)6;1-2/h7-16H,1,17-19H2,2-6H3;1-2H3/p+1/b20-8+;. The summed E-state index contributed by atoms with van der Waals surface area (Å²) in [7, 11) is 8.30. The minimum absolute atomic E-state index is 0.977. The lowest BCUT2D eigenvalue weighted by atomic mass is 10.1. The Morgan fingerprint density at radius 3 is 1.45 bits per heavy atom. The molecule has 0 radical (unpaired) electrons. The van der Waals surface area contributed by atoms with Crippen LogP contribution in [0.5, 0.6) is 0 Å². The highest BCUT2D eigenvalue weighted by molar-refractivity contribution is 5.46. The smallest absolute Gasteiger partial charge is 0.103 e. The van der Waals surface area contributed by atoms with Gasteiger partial charge >= 0.3 is 0 Å². The molecule has 0 atom stereocenters. The van der Waals surface area contributed by atoms with E-state index in [1.165, 1.54) is 33.0 Å². The fraction of sp³-hybridized carbons (Fsp3) is 0.385. The van der Waals surface area contributed by atoms with E-state index in [0.717, 1.165) is 19.6 Å². The molecule has 0 amide bonds. The van der Waals surface area contributed by atoms with Gasteiger partial charge in [0.1, 0.15) is 19.6 Å². The van der Waals surface area contributed by atoms with E-state index in [-0.39, 0.29) is 0 Å². The van der Waals surface area contributed by atoms with Crippen molar-refractivity contribution in [3.05, 3.63) is 84.0 Å². The zero-order valence-corrected chi connectivity index (χ0v) is 19.5. The molecule has 0 aliphatic rings. The molecule has 0 aliphatic carbocycles. The average Bonchev–Trinajstić information content (AvgIpc) is 2.74. The molecule has 29 heavy (non-hydrogen) atoms. The van der Waals surface area contributed by atoms with Crippen molar-refractivity contribution >= 4 is 11.4 Å². The van der Waals surface area contributed by atoms with E-state index in [2.05, 4.69) is 106 Å². The highest BCUT2D eigenvalue weighted by atomic mass is 15.1. The molecule has 0 bridgehead atoms. The summed E-state index contributed by atoms with van der Waals surface area (Å²) in [6.45, 7) is 13.0. The summed E-state index contributed by atoms with van der Waals surface area (Å²) >= 11 is 0. The molecule has 0 aliphatic heterocycles. The molecular weight excluding hydrogens is 354 g/mol. The molecule has 0 saturated carbocycles. The van der Waals surface area contributed by atoms with E-state index in [1.54, 1.807) is 0 Å². The quantitative estimate of drug-likeness (QED) is 0.625. The number of allylic oxidation sites excluding steroid dienone is 1. The van der Waals surface area contributed by atoms with Gasteiger partial charge in [-0.05, 0) is 31.2 Å². The normalized spacial score (nSPS) is 11.0. The number of nitrogens with zero attached hydrogens (tertiary/aromatic N) is 2. The van der Waals surface area contributed by atoms with Gasteiger partial charge in [-0.1, -0.05) is 56.8 Å². The Kier molecular flexibility index (Phi) is 10.9. The van der Waals surface area contributed by atoms with Crippen molar-refractivity contribution in [2.75, 3.05) is 44.5 Å². The van der Waals surface area contributed by atoms with Crippen molar-refractivity contribution in [1.82, 2.24) is 0 Å². The third kappa shape index (κ3) is 8.16. The predicted octanol–water partition coefficient (Wildman–Crippen LogP) is 4.56. The van der Waals surface area contributed by atoms with Crippen LogP contribution in [-0.2, 0) is 13.1 Å². The Labute approximate surface area is 179 Å². The second-order valence-corrected chi connectivity index (χ2v) is 7.47. The summed E-state index contributed by atoms with van der Waals surface area (Å²) in [4.78, 5) is 5.78. The highest BCUT2D eigenvalue weighted by Gasteiger charge is 2.13. The van der Waals surface area contributed by atoms with Crippen molar-refractivity contribution in [3.63, 3.8) is 0 Å². The molecule has 158 valence electrons. The van der Waals surface area contributed by atoms with Crippen LogP contribution in [0, 0.1) is 0 Å². The van der Waals surface area contributed by atoms with E-state index < -0.39 is 0 Å². The zero-order valence-electron chi connectivity index (χ0n) is 19.5. The Bertz CT molecular complexity index is 687. The number of hydrogen-bond donors (Lipinski definition) is 1. The molecule has 0 spiro atoms. The number of anilines is 2.